The molecule has 7 heterocycles. The highest BCUT2D eigenvalue weighted by molar-refractivity contribution is 7.26. The Hall–Kier alpha value is -13.9. The third-order valence-electron chi connectivity index (χ3n) is 24.3. The van der Waals surface area contributed by atoms with Gasteiger partial charge in [0.25, 0.3) is 0 Å². The van der Waals surface area contributed by atoms with Crippen LogP contribution in [0.15, 0.2) is 370 Å². The first kappa shape index (κ1) is 63.0. The van der Waals surface area contributed by atoms with Gasteiger partial charge < -0.3 is 9.13 Å². The predicted molar refractivity (Wildman–Crippen MR) is 480 cm³/mol. The van der Waals surface area contributed by atoms with Crippen molar-refractivity contribution in [1.82, 2.24) is 23.7 Å². The molecule has 25 rings (SSSR count). The quantitative estimate of drug-likeness (QED) is 0.144. The average Bonchev–Trinajstić information content (AvgIpc) is 1.54. The Morgan fingerprint density at radius 3 is 1.02 bits per heavy atom. The largest absolute Gasteiger partial charge is 0.309 e. The number of thiophene rings is 3. The topological polar surface area (TPSA) is 40.6 Å². The number of hydrogen-bond donors (Lipinski definition) is 0. The van der Waals surface area contributed by atoms with Crippen LogP contribution in [0, 0.1) is 0 Å². The Kier molecular flexibility index (Phi) is 13.4. The van der Waals surface area contributed by atoms with E-state index in [1.807, 2.05) is 34.0 Å². The second-order valence-corrected chi connectivity index (χ2v) is 33.5. The van der Waals surface area contributed by atoms with Crippen LogP contribution in [0.2, 0.25) is 0 Å². The summed E-state index contributed by atoms with van der Waals surface area (Å²) < 4.78 is 15.1. The molecule has 113 heavy (non-hydrogen) atoms. The molecule has 0 fully saturated rings. The van der Waals surface area contributed by atoms with Gasteiger partial charge in [-0.25, -0.2) is 9.97 Å². The minimum Gasteiger partial charge on any atom is -0.309 e. The molecule has 24 aromatic rings. The van der Waals surface area contributed by atoms with Gasteiger partial charge in [0.2, 0.25) is 5.95 Å². The third-order valence-corrected chi connectivity index (χ3v) is 27.8. The molecule has 0 bridgehead atoms. The lowest BCUT2D eigenvalue weighted by Gasteiger charge is -2.34. The Balaban J connectivity index is 0.695. The van der Waals surface area contributed by atoms with E-state index in [9.17, 15) is 0 Å². The van der Waals surface area contributed by atoms with Gasteiger partial charge in [0, 0.05) is 115 Å². The molecule has 17 aromatic carbocycles. The number of para-hydroxylation sites is 3. The van der Waals surface area contributed by atoms with Crippen LogP contribution in [0.1, 0.15) is 22.3 Å². The minimum atomic E-state index is -0.789. The molecule has 7 aromatic heterocycles. The maximum Gasteiger partial charge on any atom is 0.235 e. The number of nitrogens with zero attached hydrogens (tertiary/aromatic N) is 5. The predicted octanol–water partition coefficient (Wildman–Crippen LogP) is 29.1. The highest BCUT2D eigenvalue weighted by atomic mass is 32.1. The summed E-state index contributed by atoms with van der Waals surface area (Å²) in [6, 6.07) is 139. The van der Waals surface area contributed by atoms with Gasteiger partial charge in [0.15, 0.2) is 0 Å². The second-order valence-electron chi connectivity index (χ2n) is 30.2. The first-order valence-corrected chi connectivity index (χ1v) is 41.0. The molecule has 524 valence electrons. The maximum atomic E-state index is 6.04. The van der Waals surface area contributed by atoms with Gasteiger partial charge in [0.1, 0.15) is 0 Å². The SMILES string of the molecule is c1ccc(C2(c3ccccc3)c3cc(-c4nc(-n5c6ccccc6c6cc(-c7ccc8sc9ccccc9c8c7)ccc65)nc5ccc(-n6c7ccccc7c7cc(-c8ccc9sc%10ccccc%10c9c8)ccc76)cc45)ccc3-c3ccc(-n4c5ccccc5c5cc(-c6ccc7sc8ccccc8c7c6)ccc54)cc32)cc1. The first-order valence-electron chi connectivity index (χ1n) is 38.6. The summed E-state index contributed by atoms with van der Waals surface area (Å²) in [4.78, 5) is 11.8. The molecule has 1 aliphatic rings. The van der Waals surface area contributed by atoms with E-state index in [2.05, 4.69) is 384 Å². The number of benzene rings is 17. The summed E-state index contributed by atoms with van der Waals surface area (Å²) in [7, 11) is 0. The molecule has 0 saturated heterocycles. The summed E-state index contributed by atoms with van der Waals surface area (Å²) in [5.41, 5.74) is 24.9. The molecule has 0 atom stereocenters. The van der Waals surface area contributed by atoms with Crippen molar-refractivity contribution in [3.05, 3.63) is 392 Å². The molecule has 0 N–H and O–H groups in total. The normalized spacial score (nSPS) is 12.8. The van der Waals surface area contributed by atoms with Gasteiger partial charge in [-0.2, -0.15) is 0 Å². The van der Waals surface area contributed by atoms with Crippen LogP contribution in [0.3, 0.4) is 0 Å². The third kappa shape index (κ3) is 9.25. The van der Waals surface area contributed by atoms with Gasteiger partial charge >= 0.3 is 0 Å². The van der Waals surface area contributed by atoms with E-state index in [1.165, 1.54) is 143 Å². The van der Waals surface area contributed by atoms with Crippen LogP contribution >= 0.6 is 34.0 Å². The molecular formula is C105H61N5S3. The summed E-state index contributed by atoms with van der Waals surface area (Å²) >= 11 is 5.58. The van der Waals surface area contributed by atoms with Crippen molar-refractivity contribution in [2.75, 3.05) is 0 Å². The van der Waals surface area contributed by atoms with E-state index < -0.39 is 5.41 Å². The van der Waals surface area contributed by atoms with Crippen LogP contribution in [-0.2, 0) is 5.41 Å². The highest BCUT2D eigenvalue weighted by Gasteiger charge is 2.47. The van der Waals surface area contributed by atoms with Gasteiger partial charge in [-0.3, -0.25) is 4.57 Å². The zero-order valence-corrected chi connectivity index (χ0v) is 63.1. The lowest BCUT2D eigenvalue weighted by atomic mass is 9.67. The van der Waals surface area contributed by atoms with E-state index in [1.54, 1.807) is 0 Å². The van der Waals surface area contributed by atoms with Gasteiger partial charge in [-0.15, -0.1) is 34.0 Å². The van der Waals surface area contributed by atoms with Crippen molar-refractivity contribution >= 4 is 171 Å². The number of fused-ring (bicyclic) bond motifs is 22. The van der Waals surface area contributed by atoms with Crippen molar-refractivity contribution in [1.29, 1.82) is 0 Å². The fraction of sp³-hybridized carbons (Fsp3) is 0.00952. The highest BCUT2D eigenvalue weighted by Crippen LogP contribution is 2.58. The molecule has 0 aliphatic heterocycles. The molecular weight excluding hydrogens is 1430 g/mol. The van der Waals surface area contributed by atoms with E-state index in [0.29, 0.717) is 5.95 Å². The number of aromatic nitrogens is 5. The fourth-order valence-electron chi connectivity index (χ4n) is 19.3. The maximum absolute atomic E-state index is 6.04. The zero-order valence-electron chi connectivity index (χ0n) is 60.7. The minimum absolute atomic E-state index is 0.602. The summed E-state index contributed by atoms with van der Waals surface area (Å²) in [6.07, 6.45) is 0. The molecule has 0 amide bonds. The molecule has 0 radical (unpaired) electrons. The zero-order chi connectivity index (χ0) is 73.7. The van der Waals surface area contributed by atoms with Crippen LogP contribution in [0.25, 0.3) is 210 Å². The van der Waals surface area contributed by atoms with Crippen molar-refractivity contribution in [2.45, 2.75) is 5.41 Å². The van der Waals surface area contributed by atoms with Gasteiger partial charge in [0.05, 0.1) is 49.7 Å². The Bertz CT molecular complexity index is 8170. The van der Waals surface area contributed by atoms with Crippen molar-refractivity contribution in [3.8, 4) is 73.1 Å². The summed E-state index contributed by atoms with van der Waals surface area (Å²) in [6.45, 7) is 0. The Labute approximate surface area is 660 Å². The lowest BCUT2D eigenvalue weighted by molar-refractivity contribution is 0.767. The van der Waals surface area contributed by atoms with Crippen molar-refractivity contribution < 1.29 is 0 Å². The summed E-state index contributed by atoms with van der Waals surface area (Å²) in [5, 5.41) is 15.8. The molecule has 8 heteroatoms. The Morgan fingerprint density at radius 2 is 0.549 bits per heavy atom. The Morgan fingerprint density at radius 1 is 0.212 bits per heavy atom. The number of hydrogen-bond acceptors (Lipinski definition) is 5. The first-order chi connectivity index (χ1) is 56.0. The second kappa shape index (κ2) is 24.1. The monoisotopic (exact) mass is 1490 g/mol. The van der Waals surface area contributed by atoms with Crippen LogP contribution < -0.4 is 0 Å². The van der Waals surface area contributed by atoms with Crippen molar-refractivity contribution in [2.24, 2.45) is 0 Å². The smallest absolute Gasteiger partial charge is 0.235 e. The molecule has 0 unspecified atom stereocenters. The van der Waals surface area contributed by atoms with Crippen LogP contribution in [0.5, 0.6) is 0 Å². The lowest BCUT2D eigenvalue weighted by Crippen LogP contribution is -2.28. The van der Waals surface area contributed by atoms with Gasteiger partial charge in [-0.05, 0) is 212 Å². The van der Waals surface area contributed by atoms with Crippen LogP contribution in [0.4, 0.5) is 0 Å². The van der Waals surface area contributed by atoms with Crippen LogP contribution in [-0.4, -0.2) is 23.7 Å². The molecule has 0 saturated carbocycles. The number of rotatable bonds is 9. The fourth-order valence-corrected chi connectivity index (χ4v) is 22.5. The summed E-state index contributed by atoms with van der Waals surface area (Å²) in [5.74, 6) is 0.602. The van der Waals surface area contributed by atoms with E-state index in [-0.39, 0.29) is 0 Å². The molecule has 0 spiro atoms. The van der Waals surface area contributed by atoms with E-state index in [4.69, 9.17) is 9.97 Å². The van der Waals surface area contributed by atoms with E-state index >= 15 is 0 Å². The van der Waals surface area contributed by atoms with Gasteiger partial charge in [-0.1, -0.05) is 224 Å². The molecule has 5 nitrogen and oxygen atoms in total. The standard InChI is InChI=1S/C105H61N5S3/c1-3-19-69(20-4-1)105(70-21-5-2-6-22-70)88-59-68(35-44-73(88)74-45-42-72(61-89(74)105)109-92-30-14-8-24-76(92)82-54-63(37-48-95(82)109)66-40-51-101-85(57-66)79-27-11-17-33-98(79)112-101)103-87-60-71(108-91-29-13-7-23-75(91)81-53-62(36-47-94(81)108)65-39-50-100-84(56-65)78-26-10-16-32-97(78)111-100)43-46-90(87)106-104(107-103)110-93-31-15-9-25-77(93)83-55-64(38-49-96(83)110)67-41-52-102-86(58-67)80-28-12-18-34-99(80)113-102/h1-61H. The average molecular weight is 1490 g/mol. The molecule has 1 aliphatic carbocycles. The van der Waals surface area contributed by atoms with E-state index in [0.717, 1.165) is 83.0 Å². The van der Waals surface area contributed by atoms with Crippen molar-refractivity contribution in [3.63, 3.8) is 0 Å².